The summed E-state index contributed by atoms with van der Waals surface area (Å²) in [6.07, 6.45) is 49.0. The van der Waals surface area contributed by atoms with Gasteiger partial charge in [0, 0.05) is 25.9 Å². The van der Waals surface area contributed by atoms with Crippen molar-refractivity contribution in [3.63, 3.8) is 0 Å². The van der Waals surface area contributed by atoms with E-state index in [1.807, 2.05) is 0 Å². The summed E-state index contributed by atoms with van der Waals surface area (Å²) in [6.45, 7) is 18.7. The average molecular weight is 894 g/mol. The molecule has 0 aliphatic heterocycles. The topological polar surface area (TPSA) is 68.3 Å². The highest BCUT2D eigenvalue weighted by Gasteiger charge is 2.09. The zero-order chi connectivity index (χ0) is 45.8. The minimum absolute atomic E-state index is 0.00961. The molecule has 0 saturated heterocycles. The third kappa shape index (κ3) is 50.1. The van der Waals surface area contributed by atoms with E-state index in [0.717, 1.165) is 77.9 Å². The van der Waals surface area contributed by atoms with E-state index < -0.39 is 0 Å². The van der Waals surface area contributed by atoms with E-state index >= 15 is 0 Å². The number of carbonyl (C=O) groups excluding carboxylic acids is 2. The van der Waals surface area contributed by atoms with Crippen LogP contribution in [-0.2, 0) is 23.8 Å². The Morgan fingerprint density at radius 1 is 0.270 bits per heavy atom. The first-order valence-electron chi connectivity index (χ1n) is 28.4. The van der Waals surface area contributed by atoms with Gasteiger partial charge in [-0.2, -0.15) is 0 Å². The summed E-state index contributed by atoms with van der Waals surface area (Å²) >= 11 is 0. The Bertz CT molecular complexity index is 839. The van der Waals surface area contributed by atoms with Crippen molar-refractivity contribution in [2.24, 2.45) is 0 Å². The average Bonchev–Trinajstić information content (AvgIpc) is 3.28. The van der Waals surface area contributed by atoms with E-state index in [1.165, 1.54) is 219 Å². The molecule has 7 nitrogen and oxygen atoms in total. The summed E-state index contributed by atoms with van der Waals surface area (Å²) in [4.78, 5) is 29.8. The molecule has 0 rings (SSSR count). The van der Waals surface area contributed by atoms with Crippen molar-refractivity contribution in [1.82, 2.24) is 9.80 Å². The van der Waals surface area contributed by atoms with E-state index in [4.69, 9.17) is 14.2 Å². The molecule has 0 aromatic heterocycles. The van der Waals surface area contributed by atoms with Gasteiger partial charge >= 0.3 is 11.9 Å². The van der Waals surface area contributed by atoms with Crippen LogP contribution in [0, 0.1) is 0 Å². The molecule has 0 amide bonds. The predicted octanol–water partition coefficient (Wildman–Crippen LogP) is 16.4. The molecule has 63 heavy (non-hydrogen) atoms. The molecular formula is C56H112N2O5. The maximum absolute atomic E-state index is 12.2. The van der Waals surface area contributed by atoms with Gasteiger partial charge < -0.3 is 24.0 Å². The van der Waals surface area contributed by atoms with Crippen LogP contribution >= 0.6 is 0 Å². The molecule has 0 aromatic carbocycles. The Morgan fingerprint density at radius 2 is 0.508 bits per heavy atom. The Balaban J connectivity index is 4.59. The standard InChI is InChI=1S/C56H112N2O5/c1-5-9-13-17-21-29-37-45-57(46-38-30-22-18-14-10-6-2)49-53-61-54-50-58(47-39-31-25-27-35-43-55(59)62-51-41-33-23-19-15-11-7-3)48-40-32-26-28-36-44-56(60)63-52-42-34-24-20-16-12-8-4/h5-54H2,1-4H3. The van der Waals surface area contributed by atoms with Gasteiger partial charge in [0.05, 0.1) is 26.4 Å². The molecule has 0 atom stereocenters. The van der Waals surface area contributed by atoms with Crippen molar-refractivity contribution < 1.29 is 23.8 Å². The fourth-order valence-electron chi connectivity index (χ4n) is 8.65. The fraction of sp³-hybridized carbons (Fsp3) is 0.964. The van der Waals surface area contributed by atoms with Gasteiger partial charge in [0.2, 0.25) is 0 Å². The first-order chi connectivity index (χ1) is 31.1. The summed E-state index contributed by atoms with van der Waals surface area (Å²) < 4.78 is 17.4. The van der Waals surface area contributed by atoms with Gasteiger partial charge in [0.25, 0.3) is 0 Å². The molecule has 0 heterocycles. The van der Waals surface area contributed by atoms with Crippen LogP contribution < -0.4 is 0 Å². The number of esters is 2. The van der Waals surface area contributed by atoms with E-state index in [-0.39, 0.29) is 11.9 Å². The van der Waals surface area contributed by atoms with Crippen molar-refractivity contribution in [2.45, 2.75) is 285 Å². The molecule has 0 aromatic rings. The van der Waals surface area contributed by atoms with E-state index in [1.54, 1.807) is 0 Å². The summed E-state index contributed by atoms with van der Waals surface area (Å²) in [6, 6.07) is 0. The minimum atomic E-state index is -0.00961. The molecule has 0 spiro atoms. The molecule has 0 fully saturated rings. The van der Waals surface area contributed by atoms with E-state index in [0.29, 0.717) is 26.1 Å². The number of unbranched alkanes of at least 4 members (excludes halogenated alkanes) is 32. The van der Waals surface area contributed by atoms with Gasteiger partial charge in [-0.3, -0.25) is 9.59 Å². The molecule has 0 N–H and O–H groups in total. The van der Waals surface area contributed by atoms with Gasteiger partial charge in [0.15, 0.2) is 0 Å². The number of rotatable bonds is 54. The van der Waals surface area contributed by atoms with Crippen molar-refractivity contribution in [2.75, 3.05) is 65.7 Å². The van der Waals surface area contributed by atoms with Crippen LogP contribution in [0.3, 0.4) is 0 Å². The molecule has 0 aliphatic carbocycles. The minimum Gasteiger partial charge on any atom is -0.466 e. The lowest BCUT2D eigenvalue weighted by Gasteiger charge is -2.24. The lowest BCUT2D eigenvalue weighted by molar-refractivity contribution is -0.144. The van der Waals surface area contributed by atoms with E-state index in [2.05, 4.69) is 37.5 Å². The SMILES string of the molecule is CCCCCCCCCOC(=O)CCCCCCCN(CCCCCCCC(=O)OCCCCCCCCC)CCOCCN(CCCCCCCCC)CCCCCCCCC. The Hall–Kier alpha value is -1.18. The molecular weight excluding hydrogens is 781 g/mol. The van der Waals surface area contributed by atoms with Crippen LogP contribution in [-0.4, -0.2) is 87.4 Å². The number of hydrogen-bond donors (Lipinski definition) is 0. The van der Waals surface area contributed by atoms with Gasteiger partial charge in [-0.15, -0.1) is 0 Å². The van der Waals surface area contributed by atoms with Crippen molar-refractivity contribution >= 4 is 11.9 Å². The fourth-order valence-corrected chi connectivity index (χ4v) is 8.65. The third-order valence-electron chi connectivity index (χ3n) is 13.0. The van der Waals surface area contributed by atoms with Gasteiger partial charge in [-0.05, 0) is 77.5 Å². The van der Waals surface area contributed by atoms with Crippen LogP contribution in [0.4, 0.5) is 0 Å². The van der Waals surface area contributed by atoms with Crippen LogP contribution in [0.1, 0.15) is 285 Å². The second-order valence-electron chi connectivity index (χ2n) is 19.3. The maximum Gasteiger partial charge on any atom is 0.305 e. The predicted molar refractivity (Wildman–Crippen MR) is 273 cm³/mol. The number of carbonyl (C=O) groups is 2. The molecule has 0 unspecified atom stereocenters. The first kappa shape index (κ1) is 61.8. The van der Waals surface area contributed by atoms with Crippen LogP contribution in [0.15, 0.2) is 0 Å². The highest BCUT2D eigenvalue weighted by Crippen LogP contribution is 2.14. The van der Waals surface area contributed by atoms with Crippen LogP contribution in [0.25, 0.3) is 0 Å². The first-order valence-corrected chi connectivity index (χ1v) is 28.4. The van der Waals surface area contributed by atoms with Crippen molar-refractivity contribution in [3.05, 3.63) is 0 Å². The van der Waals surface area contributed by atoms with Gasteiger partial charge in [-0.1, -0.05) is 220 Å². The second kappa shape index (κ2) is 53.4. The maximum atomic E-state index is 12.2. The lowest BCUT2D eigenvalue weighted by atomic mass is 10.1. The second-order valence-corrected chi connectivity index (χ2v) is 19.3. The van der Waals surface area contributed by atoms with Crippen LogP contribution in [0.2, 0.25) is 0 Å². The van der Waals surface area contributed by atoms with Crippen molar-refractivity contribution in [3.8, 4) is 0 Å². The summed E-state index contributed by atoms with van der Waals surface area (Å²) in [5.74, 6) is -0.0192. The summed E-state index contributed by atoms with van der Waals surface area (Å²) in [7, 11) is 0. The quantitative estimate of drug-likeness (QED) is 0.0445. The molecule has 0 radical (unpaired) electrons. The number of nitrogens with zero attached hydrogens (tertiary/aromatic N) is 2. The van der Waals surface area contributed by atoms with Gasteiger partial charge in [-0.25, -0.2) is 0 Å². The lowest BCUT2D eigenvalue weighted by Crippen LogP contribution is -2.32. The zero-order valence-electron chi connectivity index (χ0n) is 43.3. The summed E-state index contributed by atoms with van der Waals surface area (Å²) in [5, 5.41) is 0. The molecule has 0 saturated carbocycles. The molecule has 0 bridgehead atoms. The van der Waals surface area contributed by atoms with Crippen molar-refractivity contribution in [1.29, 1.82) is 0 Å². The Kier molecular flexibility index (Phi) is 52.4. The normalized spacial score (nSPS) is 11.7. The monoisotopic (exact) mass is 893 g/mol. The third-order valence-corrected chi connectivity index (χ3v) is 13.0. The zero-order valence-corrected chi connectivity index (χ0v) is 43.3. The largest absolute Gasteiger partial charge is 0.466 e. The molecule has 7 heteroatoms. The number of hydrogen-bond acceptors (Lipinski definition) is 7. The van der Waals surface area contributed by atoms with Gasteiger partial charge in [0.1, 0.15) is 0 Å². The molecule has 0 aliphatic rings. The molecule has 376 valence electrons. The van der Waals surface area contributed by atoms with Crippen LogP contribution in [0.5, 0.6) is 0 Å². The highest BCUT2D eigenvalue weighted by atomic mass is 16.5. The smallest absolute Gasteiger partial charge is 0.305 e. The Morgan fingerprint density at radius 3 is 0.794 bits per heavy atom. The van der Waals surface area contributed by atoms with E-state index in [9.17, 15) is 9.59 Å². The summed E-state index contributed by atoms with van der Waals surface area (Å²) in [5.41, 5.74) is 0. The highest BCUT2D eigenvalue weighted by molar-refractivity contribution is 5.69. The number of ether oxygens (including phenoxy) is 3. The Labute approximate surface area is 394 Å².